The number of piperidine rings is 1. The first kappa shape index (κ1) is 22.0. The fourth-order valence-corrected chi connectivity index (χ4v) is 4.01. The number of aryl methyl sites for hydroxylation is 1. The van der Waals surface area contributed by atoms with Crippen LogP contribution in [0.15, 0.2) is 36.5 Å². The van der Waals surface area contributed by atoms with Gasteiger partial charge in [0.05, 0.1) is 5.02 Å². The molecule has 166 valence electrons. The summed E-state index contributed by atoms with van der Waals surface area (Å²) in [5.74, 6) is -6.20. The third-order valence-corrected chi connectivity index (χ3v) is 5.85. The molecule has 1 N–H and O–H groups in total. The van der Waals surface area contributed by atoms with Crippen LogP contribution in [0.2, 0.25) is 5.02 Å². The SMILES string of the molecule is O=C1CCC(N2Cc3cc(CCC(=O)C(F)(F)c4ccc(Cl)cn4)ccc3C2=O)C(=O)N1. The first-order valence-electron chi connectivity index (χ1n) is 9.96. The Hall–Kier alpha value is -3.20. The minimum atomic E-state index is -3.74. The number of aromatic nitrogens is 1. The molecule has 1 aromatic carbocycles. The summed E-state index contributed by atoms with van der Waals surface area (Å²) in [6.45, 7) is 0.174. The summed E-state index contributed by atoms with van der Waals surface area (Å²) in [5.41, 5.74) is 1.03. The Morgan fingerprint density at radius 3 is 2.69 bits per heavy atom. The molecule has 1 aromatic heterocycles. The predicted octanol–water partition coefficient (Wildman–Crippen LogP) is 2.79. The smallest absolute Gasteiger partial charge is 0.322 e. The van der Waals surface area contributed by atoms with Gasteiger partial charge >= 0.3 is 5.92 Å². The van der Waals surface area contributed by atoms with Gasteiger partial charge in [-0.25, -0.2) is 0 Å². The van der Waals surface area contributed by atoms with Crippen molar-refractivity contribution >= 4 is 35.1 Å². The fraction of sp³-hybridized carbons (Fsp3) is 0.318. The molecular formula is C22H18ClF2N3O4. The van der Waals surface area contributed by atoms with Crippen molar-refractivity contribution < 1.29 is 28.0 Å². The normalized spacial score (nSPS) is 18.5. The molecule has 2 aliphatic heterocycles. The van der Waals surface area contributed by atoms with Crippen LogP contribution in [0, 0.1) is 0 Å². The second kappa shape index (κ2) is 8.38. The van der Waals surface area contributed by atoms with E-state index < -0.39 is 35.8 Å². The van der Waals surface area contributed by atoms with Gasteiger partial charge < -0.3 is 4.90 Å². The average Bonchev–Trinajstić information content (AvgIpc) is 3.08. The number of Topliss-reactive ketones (excluding diaryl/α,β-unsaturated/α-hetero) is 1. The monoisotopic (exact) mass is 461 g/mol. The molecule has 2 aliphatic rings. The van der Waals surface area contributed by atoms with Gasteiger partial charge in [0.25, 0.3) is 5.91 Å². The van der Waals surface area contributed by atoms with E-state index in [2.05, 4.69) is 10.3 Å². The molecule has 7 nitrogen and oxygen atoms in total. The molecule has 0 radical (unpaired) electrons. The molecule has 0 saturated carbocycles. The Bertz CT molecular complexity index is 1120. The minimum Gasteiger partial charge on any atom is -0.322 e. The number of hydrogen-bond acceptors (Lipinski definition) is 5. The second-order valence-corrected chi connectivity index (χ2v) is 8.19. The number of carbonyl (C=O) groups is 4. The van der Waals surface area contributed by atoms with E-state index in [4.69, 9.17) is 11.6 Å². The molecule has 0 aliphatic carbocycles. The Morgan fingerprint density at radius 2 is 2.00 bits per heavy atom. The summed E-state index contributed by atoms with van der Waals surface area (Å²) < 4.78 is 28.8. The quantitative estimate of drug-likeness (QED) is 0.667. The fourth-order valence-electron chi connectivity index (χ4n) is 3.90. The molecule has 3 amide bonds. The van der Waals surface area contributed by atoms with E-state index in [9.17, 15) is 28.0 Å². The molecule has 4 rings (SSSR count). The Kier molecular flexibility index (Phi) is 5.77. The van der Waals surface area contributed by atoms with Gasteiger partial charge in [0, 0.05) is 31.1 Å². The maximum Gasteiger partial charge on any atom is 0.346 e. The van der Waals surface area contributed by atoms with E-state index in [1.54, 1.807) is 18.2 Å². The van der Waals surface area contributed by atoms with Crippen LogP contribution in [0.1, 0.15) is 46.4 Å². The lowest BCUT2D eigenvalue weighted by Gasteiger charge is -2.29. The highest BCUT2D eigenvalue weighted by Crippen LogP contribution is 2.31. The van der Waals surface area contributed by atoms with E-state index in [0.29, 0.717) is 16.7 Å². The van der Waals surface area contributed by atoms with E-state index in [-0.39, 0.29) is 42.6 Å². The van der Waals surface area contributed by atoms with Crippen LogP contribution < -0.4 is 5.32 Å². The Balaban J connectivity index is 1.43. The van der Waals surface area contributed by atoms with Crippen molar-refractivity contribution in [3.63, 3.8) is 0 Å². The Labute approximate surface area is 186 Å². The first-order chi connectivity index (χ1) is 15.2. The Morgan fingerprint density at radius 1 is 1.22 bits per heavy atom. The van der Waals surface area contributed by atoms with E-state index in [0.717, 1.165) is 12.3 Å². The lowest BCUT2D eigenvalue weighted by molar-refractivity contribution is -0.145. The number of amides is 3. The van der Waals surface area contributed by atoms with Crippen LogP contribution in [-0.2, 0) is 33.3 Å². The number of ketones is 1. The number of halogens is 3. The molecule has 1 fully saturated rings. The molecule has 2 aromatic rings. The van der Waals surface area contributed by atoms with Crippen LogP contribution in [-0.4, -0.2) is 39.4 Å². The summed E-state index contributed by atoms with van der Waals surface area (Å²) in [4.78, 5) is 53.3. The van der Waals surface area contributed by atoms with Crippen molar-refractivity contribution in [3.05, 3.63) is 63.9 Å². The third kappa shape index (κ3) is 4.12. The highest BCUT2D eigenvalue weighted by atomic mass is 35.5. The summed E-state index contributed by atoms with van der Waals surface area (Å²) in [7, 11) is 0. The van der Waals surface area contributed by atoms with Crippen LogP contribution in [0.3, 0.4) is 0 Å². The van der Waals surface area contributed by atoms with Crippen LogP contribution in [0.4, 0.5) is 8.78 Å². The zero-order valence-corrected chi connectivity index (χ0v) is 17.5. The van der Waals surface area contributed by atoms with Crippen molar-refractivity contribution in [3.8, 4) is 0 Å². The molecule has 1 saturated heterocycles. The predicted molar refractivity (Wildman–Crippen MR) is 109 cm³/mol. The number of carbonyl (C=O) groups excluding carboxylic acids is 4. The van der Waals surface area contributed by atoms with Crippen molar-refractivity contribution in [2.75, 3.05) is 0 Å². The number of imide groups is 1. The summed E-state index contributed by atoms with van der Waals surface area (Å²) in [5, 5.41) is 2.43. The summed E-state index contributed by atoms with van der Waals surface area (Å²) in [6, 6.07) is 6.40. The number of alkyl halides is 2. The van der Waals surface area contributed by atoms with E-state index in [1.807, 2.05) is 0 Å². The van der Waals surface area contributed by atoms with E-state index in [1.165, 1.54) is 11.0 Å². The van der Waals surface area contributed by atoms with Crippen LogP contribution >= 0.6 is 11.6 Å². The second-order valence-electron chi connectivity index (χ2n) is 7.75. The number of hydrogen-bond donors (Lipinski definition) is 1. The van der Waals surface area contributed by atoms with Crippen LogP contribution in [0.5, 0.6) is 0 Å². The highest BCUT2D eigenvalue weighted by molar-refractivity contribution is 6.30. The average molecular weight is 462 g/mol. The number of rotatable bonds is 6. The highest BCUT2D eigenvalue weighted by Gasteiger charge is 2.42. The van der Waals surface area contributed by atoms with Crippen LogP contribution in [0.25, 0.3) is 0 Å². The zero-order chi connectivity index (χ0) is 23.0. The first-order valence-corrected chi connectivity index (χ1v) is 10.3. The van der Waals surface area contributed by atoms with Gasteiger partial charge in [-0.2, -0.15) is 8.78 Å². The van der Waals surface area contributed by atoms with Gasteiger partial charge in [-0.05, 0) is 42.2 Å². The van der Waals surface area contributed by atoms with Crippen molar-refractivity contribution in [2.45, 2.75) is 44.2 Å². The lowest BCUT2D eigenvalue weighted by Crippen LogP contribution is -2.52. The number of nitrogens with zero attached hydrogens (tertiary/aromatic N) is 2. The maximum atomic E-state index is 14.4. The topological polar surface area (TPSA) is 96.4 Å². The number of benzene rings is 1. The molecule has 32 heavy (non-hydrogen) atoms. The summed E-state index contributed by atoms with van der Waals surface area (Å²) >= 11 is 5.66. The van der Waals surface area contributed by atoms with Gasteiger partial charge in [0.1, 0.15) is 11.7 Å². The molecule has 1 unspecified atom stereocenters. The minimum absolute atomic E-state index is 0.0574. The molecule has 1 atom stereocenters. The molecule has 0 bridgehead atoms. The van der Waals surface area contributed by atoms with E-state index >= 15 is 0 Å². The largest absolute Gasteiger partial charge is 0.346 e. The molecular weight excluding hydrogens is 444 g/mol. The van der Waals surface area contributed by atoms with Gasteiger partial charge in [-0.15, -0.1) is 0 Å². The van der Waals surface area contributed by atoms with Gasteiger partial charge in [-0.3, -0.25) is 29.5 Å². The van der Waals surface area contributed by atoms with Gasteiger partial charge in [-0.1, -0.05) is 23.7 Å². The van der Waals surface area contributed by atoms with Crippen molar-refractivity contribution in [1.29, 1.82) is 0 Å². The molecule has 10 heteroatoms. The summed E-state index contributed by atoms with van der Waals surface area (Å²) in [6.07, 6.45) is 1.10. The lowest BCUT2D eigenvalue weighted by atomic mass is 9.99. The standard InChI is InChI=1S/C22H18ClF2N3O4/c23-14-3-6-17(26-10-14)22(24,25)18(29)7-2-12-1-4-15-13(9-12)11-28(21(15)32)16-5-8-19(30)27-20(16)31/h1,3-4,6,9-10,16H,2,5,7-8,11H2,(H,27,30,31). The van der Waals surface area contributed by atoms with Gasteiger partial charge in [0.2, 0.25) is 17.6 Å². The van der Waals surface area contributed by atoms with Gasteiger partial charge in [0.15, 0.2) is 0 Å². The van der Waals surface area contributed by atoms with Crippen molar-refractivity contribution in [2.24, 2.45) is 0 Å². The third-order valence-electron chi connectivity index (χ3n) is 5.63. The maximum absolute atomic E-state index is 14.4. The number of fused-ring (bicyclic) bond motifs is 1. The molecule has 3 heterocycles. The number of nitrogens with one attached hydrogen (secondary N) is 1. The van der Waals surface area contributed by atoms with Crippen molar-refractivity contribution in [1.82, 2.24) is 15.2 Å². The number of pyridine rings is 1. The zero-order valence-electron chi connectivity index (χ0n) is 16.7. The molecule has 0 spiro atoms.